The molecule has 1 aliphatic rings. The standard InChI is InChI=1S/C18H31N7O3/c1-4-15-19-17(21-18(20-15)24(3)5-2)23-22-16(27)14(11-25(28)12-26)10-13-8-6-7-9-13/h12-14,28H,4-11H2,1-3H3,(H,22,27)(H,19,20,21,23). The van der Waals surface area contributed by atoms with Crippen LogP contribution in [0, 0.1) is 11.8 Å². The van der Waals surface area contributed by atoms with Crippen LogP contribution in [-0.4, -0.2) is 57.7 Å². The summed E-state index contributed by atoms with van der Waals surface area (Å²) in [6.07, 6.45) is 6.04. The van der Waals surface area contributed by atoms with Gasteiger partial charge in [0.25, 0.3) is 0 Å². The van der Waals surface area contributed by atoms with Gasteiger partial charge in [-0.1, -0.05) is 32.6 Å². The molecule has 2 amide bonds. The predicted molar refractivity (Wildman–Crippen MR) is 105 cm³/mol. The number of carbonyl (C=O) groups is 2. The molecule has 1 heterocycles. The second-order valence-electron chi connectivity index (χ2n) is 7.17. The Morgan fingerprint density at radius 2 is 2.00 bits per heavy atom. The highest BCUT2D eigenvalue weighted by atomic mass is 16.5. The molecule has 10 nitrogen and oxygen atoms in total. The summed E-state index contributed by atoms with van der Waals surface area (Å²) in [5, 5.41) is 10.1. The smallest absolute Gasteiger partial charge is 0.246 e. The monoisotopic (exact) mass is 393 g/mol. The lowest BCUT2D eigenvalue weighted by Crippen LogP contribution is -2.41. The van der Waals surface area contributed by atoms with E-state index in [9.17, 15) is 14.8 Å². The quantitative estimate of drug-likeness (QED) is 0.293. The lowest BCUT2D eigenvalue weighted by atomic mass is 9.92. The SMILES string of the molecule is CCc1nc(NNC(=O)C(CC2CCCC2)CN(O)C=O)nc(N(C)CC)n1. The summed E-state index contributed by atoms with van der Waals surface area (Å²) in [5.41, 5.74) is 5.38. The maximum atomic E-state index is 12.7. The predicted octanol–water partition coefficient (Wildman–Crippen LogP) is 1.38. The molecule has 156 valence electrons. The molecule has 28 heavy (non-hydrogen) atoms. The first-order valence-electron chi connectivity index (χ1n) is 9.89. The van der Waals surface area contributed by atoms with E-state index in [0.717, 1.165) is 32.2 Å². The van der Waals surface area contributed by atoms with Crippen LogP contribution in [-0.2, 0) is 16.0 Å². The first kappa shape index (κ1) is 21.8. The van der Waals surface area contributed by atoms with Crippen molar-refractivity contribution < 1.29 is 14.8 Å². The van der Waals surface area contributed by atoms with Crippen LogP contribution in [0.4, 0.5) is 11.9 Å². The van der Waals surface area contributed by atoms with Crippen molar-refractivity contribution in [3.05, 3.63) is 5.82 Å². The van der Waals surface area contributed by atoms with E-state index >= 15 is 0 Å². The molecule has 10 heteroatoms. The van der Waals surface area contributed by atoms with E-state index in [4.69, 9.17) is 0 Å². The van der Waals surface area contributed by atoms with Gasteiger partial charge in [0.15, 0.2) is 0 Å². The van der Waals surface area contributed by atoms with Crippen molar-refractivity contribution >= 4 is 24.2 Å². The van der Waals surface area contributed by atoms with Crippen LogP contribution in [0.3, 0.4) is 0 Å². The van der Waals surface area contributed by atoms with E-state index in [-0.39, 0.29) is 18.4 Å². The molecular formula is C18H31N7O3. The second-order valence-corrected chi connectivity index (χ2v) is 7.17. The van der Waals surface area contributed by atoms with Crippen LogP contribution in [0.25, 0.3) is 0 Å². The van der Waals surface area contributed by atoms with Gasteiger partial charge in [-0.2, -0.15) is 15.0 Å². The number of hydrogen-bond acceptors (Lipinski definition) is 8. The van der Waals surface area contributed by atoms with Gasteiger partial charge in [0.05, 0.1) is 12.5 Å². The molecule has 1 aromatic rings. The van der Waals surface area contributed by atoms with Crippen LogP contribution < -0.4 is 15.8 Å². The Morgan fingerprint density at radius 3 is 2.61 bits per heavy atom. The fourth-order valence-electron chi connectivity index (χ4n) is 3.33. The second kappa shape index (κ2) is 10.7. The molecule has 0 spiro atoms. The maximum absolute atomic E-state index is 12.7. The van der Waals surface area contributed by atoms with Gasteiger partial charge in [0.1, 0.15) is 5.82 Å². The zero-order valence-corrected chi connectivity index (χ0v) is 16.9. The third-order valence-electron chi connectivity index (χ3n) is 5.09. The number of carbonyl (C=O) groups excluding carboxylic acids is 2. The molecule has 1 aromatic heterocycles. The van der Waals surface area contributed by atoms with Gasteiger partial charge >= 0.3 is 0 Å². The molecule has 0 aliphatic heterocycles. The summed E-state index contributed by atoms with van der Waals surface area (Å²) in [7, 11) is 1.88. The number of rotatable bonds is 11. The Bertz CT molecular complexity index is 652. The third kappa shape index (κ3) is 6.29. The Labute approximate surface area is 165 Å². The summed E-state index contributed by atoms with van der Waals surface area (Å²) in [6, 6.07) is 0. The van der Waals surface area contributed by atoms with Crippen LogP contribution in [0.2, 0.25) is 0 Å². The van der Waals surface area contributed by atoms with Gasteiger partial charge in [0, 0.05) is 20.0 Å². The van der Waals surface area contributed by atoms with Crippen molar-refractivity contribution in [2.45, 2.75) is 52.4 Å². The van der Waals surface area contributed by atoms with Crippen molar-refractivity contribution in [3.8, 4) is 0 Å². The summed E-state index contributed by atoms with van der Waals surface area (Å²) in [4.78, 5) is 38.3. The Balaban J connectivity index is 2.04. The van der Waals surface area contributed by atoms with Crippen molar-refractivity contribution in [1.29, 1.82) is 0 Å². The molecule has 1 fully saturated rings. The van der Waals surface area contributed by atoms with Crippen molar-refractivity contribution in [1.82, 2.24) is 25.4 Å². The van der Waals surface area contributed by atoms with Crippen LogP contribution in [0.15, 0.2) is 0 Å². The molecule has 1 aliphatic carbocycles. The number of aryl methyl sites for hydroxylation is 1. The van der Waals surface area contributed by atoms with Gasteiger partial charge < -0.3 is 4.90 Å². The number of anilines is 2. The minimum absolute atomic E-state index is 0.0469. The summed E-state index contributed by atoms with van der Waals surface area (Å²) < 4.78 is 0. The highest BCUT2D eigenvalue weighted by Gasteiger charge is 2.27. The van der Waals surface area contributed by atoms with Crippen LogP contribution >= 0.6 is 0 Å². The fourth-order valence-corrected chi connectivity index (χ4v) is 3.33. The fraction of sp³-hybridized carbons (Fsp3) is 0.722. The topological polar surface area (TPSA) is 124 Å². The molecule has 0 bridgehead atoms. The zero-order chi connectivity index (χ0) is 20.5. The average Bonchev–Trinajstić information content (AvgIpc) is 3.23. The van der Waals surface area contributed by atoms with Crippen molar-refractivity contribution in [2.24, 2.45) is 11.8 Å². The van der Waals surface area contributed by atoms with E-state index in [1.54, 1.807) is 0 Å². The van der Waals surface area contributed by atoms with Crippen molar-refractivity contribution in [2.75, 3.05) is 30.5 Å². The minimum Gasteiger partial charge on any atom is -0.344 e. The molecule has 1 unspecified atom stereocenters. The highest BCUT2D eigenvalue weighted by molar-refractivity contribution is 5.80. The number of amides is 2. The van der Waals surface area contributed by atoms with Gasteiger partial charge in [0.2, 0.25) is 24.2 Å². The summed E-state index contributed by atoms with van der Waals surface area (Å²) >= 11 is 0. The zero-order valence-electron chi connectivity index (χ0n) is 16.9. The normalized spacial score (nSPS) is 15.1. The average molecular weight is 393 g/mol. The molecule has 1 atom stereocenters. The van der Waals surface area contributed by atoms with Crippen LogP contribution in [0.5, 0.6) is 0 Å². The van der Waals surface area contributed by atoms with E-state index in [1.807, 2.05) is 25.8 Å². The van der Waals surface area contributed by atoms with Gasteiger partial charge in [-0.3, -0.25) is 25.6 Å². The summed E-state index contributed by atoms with van der Waals surface area (Å²) in [6.45, 7) is 4.63. The number of hydroxylamine groups is 2. The maximum Gasteiger partial charge on any atom is 0.246 e. The van der Waals surface area contributed by atoms with E-state index in [2.05, 4.69) is 25.8 Å². The minimum atomic E-state index is -0.518. The lowest BCUT2D eigenvalue weighted by molar-refractivity contribution is -0.154. The molecule has 0 saturated heterocycles. The first-order chi connectivity index (χ1) is 13.5. The van der Waals surface area contributed by atoms with Gasteiger partial charge in [-0.05, 0) is 19.3 Å². The Morgan fingerprint density at radius 1 is 1.29 bits per heavy atom. The van der Waals surface area contributed by atoms with Crippen LogP contribution in [0.1, 0.15) is 51.8 Å². The number of hydrogen-bond donors (Lipinski definition) is 3. The van der Waals surface area contributed by atoms with E-state index in [1.165, 1.54) is 0 Å². The lowest BCUT2D eigenvalue weighted by Gasteiger charge is -2.22. The van der Waals surface area contributed by atoms with Gasteiger partial charge in [-0.25, -0.2) is 5.06 Å². The molecular weight excluding hydrogens is 362 g/mol. The Hall–Kier alpha value is -2.49. The highest BCUT2D eigenvalue weighted by Crippen LogP contribution is 2.30. The van der Waals surface area contributed by atoms with Crippen molar-refractivity contribution in [3.63, 3.8) is 0 Å². The van der Waals surface area contributed by atoms with E-state index in [0.29, 0.717) is 42.0 Å². The first-order valence-corrected chi connectivity index (χ1v) is 9.89. The summed E-state index contributed by atoms with van der Waals surface area (Å²) in [5.74, 6) is 1.01. The Kier molecular flexibility index (Phi) is 8.37. The molecule has 0 aromatic carbocycles. The third-order valence-corrected chi connectivity index (χ3v) is 5.09. The number of nitrogens with zero attached hydrogens (tertiary/aromatic N) is 5. The molecule has 2 rings (SSSR count). The molecule has 3 N–H and O–H groups in total. The van der Waals surface area contributed by atoms with E-state index < -0.39 is 5.92 Å². The largest absolute Gasteiger partial charge is 0.344 e. The molecule has 0 radical (unpaired) electrons. The number of nitrogens with one attached hydrogen (secondary N) is 2. The number of hydrazine groups is 1. The number of aromatic nitrogens is 3. The molecule has 1 saturated carbocycles. The van der Waals surface area contributed by atoms with Gasteiger partial charge in [-0.15, -0.1) is 0 Å².